The van der Waals surface area contributed by atoms with Crippen LogP contribution in [0.15, 0.2) is 42.5 Å². The number of hydrogen-bond acceptors (Lipinski definition) is 3. The zero-order valence-electron chi connectivity index (χ0n) is 17.7. The predicted molar refractivity (Wildman–Crippen MR) is 115 cm³/mol. The van der Waals surface area contributed by atoms with Gasteiger partial charge in [0.2, 0.25) is 0 Å². The molecule has 4 nitrogen and oxygen atoms in total. The van der Waals surface area contributed by atoms with E-state index in [1.165, 1.54) is 16.8 Å². The highest BCUT2D eigenvalue weighted by Crippen LogP contribution is 2.27. The first-order chi connectivity index (χ1) is 13.4. The Morgan fingerprint density at radius 2 is 1.61 bits per heavy atom. The molecule has 1 saturated heterocycles. The van der Waals surface area contributed by atoms with Crippen LogP contribution in [0.3, 0.4) is 0 Å². The summed E-state index contributed by atoms with van der Waals surface area (Å²) in [6.07, 6.45) is -0.479. The van der Waals surface area contributed by atoms with E-state index in [1.807, 2.05) is 30.0 Å². The third kappa shape index (κ3) is 4.32. The number of nitrogens with zero attached hydrogens (tertiary/aromatic N) is 2. The average Bonchev–Trinajstić information content (AvgIpc) is 2.70. The van der Waals surface area contributed by atoms with Crippen LogP contribution in [0.1, 0.15) is 43.4 Å². The number of amides is 1. The first-order valence-corrected chi connectivity index (χ1v) is 10.2. The van der Waals surface area contributed by atoms with Crippen LogP contribution in [0.4, 0.5) is 5.69 Å². The van der Waals surface area contributed by atoms with Crippen LogP contribution in [0.5, 0.6) is 5.75 Å². The second-order valence-corrected chi connectivity index (χ2v) is 7.98. The van der Waals surface area contributed by atoms with Crippen LogP contribution in [0, 0.1) is 13.8 Å². The van der Waals surface area contributed by atoms with Gasteiger partial charge in [-0.1, -0.05) is 44.2 Å². The highest BCUT2D eigenvalue weighted by molar-refractivity contribution is 5.81. The van der Waals surface area contributed by atoms with Crippen molar-refractivity contribution in [3.63, 3.8) is 0 Å². The lowest BCUT2D eigenvalue weighted by molar-refractivity contribution is -0.138. The molecule has 2 aromatic carbocycles. The quantitative estimate of drug-likeness (QED) is 0.763. The van der Waals surface area contributed by atoms with Gasteiger partial charge in [-0.15, -0.1) is 0 Å². The molecule has 1 unspecified atom stereocenters. The molecule has 0 saturated carbocycles. The zero-order valence-corrected chi connectivity index (χ0v) is 17.7. The van der Waals surface area contributed by atoms with Gasteiger partial charge in [0.25, 0.3) is 5.91 Å². The van der Waals surface area contributed by atoms with E-state index in [4.69, 9.17) is 4.74 Å². The Hall–Kier alpha value is -2.49. The Morgan fingerprint density at radius 1 is 0.929 bits per heavy atom. The van der Waals surface area contributed by atoms with Crippen LogP contribution in [-0.2, 0) is 4.79 Å². The third-order valence-corrected chi connectivity index (χ3v) is 5.70. The lowest BCUT2D eigenvalue weighted by Gasteiger charge is -2.38. The van der Waals surface area contributed by atoms with Crippen molar-refractivity contribution in [3.05, 3.63) is 59.2 Å². The highest BCUT2D eigenvalue weighted by Gasteiger charge is 2.27. The van der Waals surface area contributed by atoms with E-state index in [0.717, 1.165) is 37.5 Å². The van der Waals surface area contributed by atoms with Crippen LogP contribution in [-0.4, -0.2) is 43.1 Å². The smallest absolute Gasteiger partial charge is 0.263 e. The summed E-state index contributed by atoms with van der Waals surface area (Å²) in [6, 6.07) is 14.4. The lowest BCUT2D eigenvalue weighted by Crippen LogP contribution is -2.52. The molecule has 1 heterocycles. The fourth-order valence-corrected chi connectivity index (χ4v) is 3.81. The summed E-state index contributed by atoms with van der Waals surface area (Å²) >= 11 is 0. The van der Waals surface area contributed by atoms with Gasteiger partial charge in [-0.2, -0.15) is 0 Å². The molecule has 1 amide bonds. The number of anilines is 1. The molecule has 0 aromatic heterocycles. The Labute approximate surface area is 169 Å². The molecule has 2 aromatic rings. The molecule has 1 atom stereocenters. The summed E-state index contributed by atoms with van der Waals surface area (Å²) in [7, 11) is 0. The minimum absolute atomic E-state index is 0.0687. The van der Waals surface area contributed by atoms with Crippen molar-refractivity contribution in [2.24, 2.45) is 0 Å². The molecule has 3 rings (SSSR count). The van der Waals surface area contributed by atoms with Gasteiger partial charge in [0.1, 0.15) is 5.75 Å². The zero-order chi connectivity index (χ0) is 20.3. The number of para-hydroxylation sites is 1. The van der Waals surface area contributed by atoms with Gasteiger partial charge in [-0.3, -0.25) is 4.79 Å². The fourth-order valence-electron chi connectivity index (χ4n) is 3.81. The fraction of sp³-hybridized carbons (Fsp3) is 0.458. The number of carbonyl (C=O) groups excluding carboxylic acids is 1. The van der Waals surface area contributed by atoms with Crippen molar-refractivity contribution in [3.8, 4) is 5.75 Å². The van der Waals surface area contributed by atoms with E-state index in [9.17, 15) is 4.79 Å². The molecule has 4 heteroatoms. The first kappa shape index (κ1) is 20.2. The number of aryl methyl sites for hydroxylation is 1. The number of rotatable bonds is 5. The van der Waals surface area contributed by atoms with E-state index < -0.39 is 6.10 Å². The van der Waals surface area contributed by atoms with E-state index in [2.05, 4.69) is 56.9 Å². The maximum absolute atomic E-state index is 12.9. The maximum Gasteiger partial charge on any atom is 0.263 e. The second-order valence-electron chi connectivity index (χ2n) is 7.98. The summed E-state index contributed by atoms with van der Waals surface area (Å²) in [5.41, 5.74) is 5.05. The van der Waals surface area contributed by atoms with E-state index in [1.54, 1.807) is 0 Å². The summed E-state index contributed by atoms with van der Waals surface area (Å²) < 4.78 is 6.06. The molecular weight excluding hydrogens is 348 g/mol. The van der Waals surface area contributed by atoms with Crippen molar-refractivity contribution in [1.82, 2.24) is 4.90 Å². The highest BCUT2D eigenvalue weighted by atomic mass is 16.5. The minimum Gasteiger partial charge on any atom is -0.481 e. The van der Waals surface area contributed by atoms with Gasteiger partial charge in [-0.05, 0) is 55.5 Å². The van der Waals surface area contributed by atoms with Crippen molar-refractivity contribution in [1.29, 1.82) is 0 Å². The number of hydrogen-bond donors (Lipinski definition) is 0. The van der Waals surface area contributed by atoms with Gasteiger partial charge >= 0.3 is 0 Å². The number of benzene rings is 2. The van der Waals surface area contributed by atoms with E-state index in [0.29, 0.717) is 5.92 Å². The predicted octanol–water partition coefficient (Wildman–Crippen LogP) is 4.54. The molecule has 0 spiro atoms. The summed E-state index contributed by atoms with van der Waals surface area (Å²) in [5.74, 6) is 1.24. The van der Waals surface area contributed by atoms with Gasteiger partial charge in [0.05, 0.1) is 0 Å². The Kier molecular flexibility index (Phi) is 6.28. The second kappa shape index (κ2) is 8.68. The Bertz CT molecular complexity index is 823. The van der Waals surface area contributed by atoms with Crippen LogP contribution in [0.25, 0.3) is 0 Å². The molecular formula is C24H32N2O2. The molecule has 1 aliphatic rings. The molecule has 28 heavy (non-hydrogen) atoms. The summed E-state index contributed by atoms with van der Waals surface area (Å²) in [5, 5.41) is 0. The normalized spacial score (nSPS) is 15.6. The molecule has 0 aliphatic carbocycles. The Balaban J connectivity index is 1.61. The lowest BCUT2D eigenvalue weighted by atomic mass is 10.0. The summed E-state index contributed by atoms with van der Waals surface area (Å²) in [6.45, 7) is 13.6. The van der Waals surface area contributed by atoms with Crippen molar-refractivity contribution in [2.75, 3.05) is 31.1 Å². The van der Waals surface area contributed by atoms with Crippen molar-refractivity contribution < 1.29 is 9.53 Å². The largest absolute Gasteiger partial charge is 0.481 e. The van der Waals surface area contributed by atoms with Crippen LogP contribution in [0.2, 0.25) is 0 Å². The average molecular weight is 381 g/mol. The number of piperazine rings is 1. The standard InChI is InChI=1S/C24H32N2O2/c1-17(2)21-10-6-7-12-23(21)28-20(5)24(27)26-15-13-25(14-16-26)22-11-8-9-18(3)19(22)4/h6-12,17,20H,13-16H2,1-5H3. The summed E-state index contributed by atoms with van der Waals surface area (Å²) in [4.78, 5) is 17.2. The number of carbonyl (C=O) groups is 1. The van der Waals surface area contributed by atoms with Gasteiger partial charge in [0, 0.05) is 31.9 Å². The molecule has 1 fully saturated rings. The number of ether oxygens (including phenoxy) is 1. The Morgan fingerprint density at radius 3 is 2.29 bits per heavy atom. The van der Waals surface area contributed by atoms with Crippen LogP contribution < -0.4 is 9.64 Å². The van der Waals surface area contributed by atoms with E-state index in [-0.39, 0.29) is 5.91 Å². The van der Waals surface area contributed by atoms with Gasteiger partial charge < -0.3 is 14.5 Å². The molecule has 0 N–H and O–H groups in total. The molecule has 150 valence electrons. The minimum atomic E-state index is -0.479. The maximum atomic E-state index is 12.9. The van der Waals surface area contributed by atoms with Crippen molar-refractivity contribution >= 4 is 11.6 Å². The third-order valence-electron chi connectivity index (χ3n) is 5.70. The monoisotopic (exact) mass is 380 g/mol. The SMILES string of the molecule is Cc1cccc(N2CCN(C(=O)C(C)Oc3ccccc3C(C)C)CC2)c1C. The van der Waals surface area contributed by atoms with Crippen LogP contribution >= 0.6 is 0 Å². The van der Waals surface area contributed by atoms with Gasteiger partial charge in [0.15, 0.2) is 6.10 Å². The molecule has 0 bridgehead atoms. The van der Waals surface area contributed by atoms with Gasteiger partial charge in [-0.25, -0.2) is 0 Å². The van der Waals surface area contributed by atoms with E-state index >= 15 is 0 Å². The molecule has 1 aliphatic heterocycles. The first-order valence-electron chi connectivity index (χ1n) is 10.2. The molecule has 0 radical (unpaired) electrons. The van der Waals surface area contributed by atoms with Crippen molar-refractivity contribution in [2.45, 2.75) is 46.6 Å². The topological polar surface area (TPSA) is 32.8 Å².